The van der Waals surface area contributed by atoms with Gasteiger partial charge in [0.15, 0.2) is 0 Å². The first-order valence-corrected chi connectivity index (χ1v) is 9.58. The summed E-state index contributed by atoms with van der Waals surface area (Å²) in [6.45, 7) is 4.25. The highest BCUT2D eigenvalue weighted by molar-refractivity contribution is 6.10. The molecule has 0 saturated heterocycles. The Hall–Kier alpha value is -3.60. The number of para-hydroxylation sites is 2. The van der Waals surface area contributed by atoms with Gasteiger partial charge in [0.05, 0.1) is 29.5 Å². The fourth-order valence-electron chi connectivity index (χ4n) is 3.01. The van der Waals surface area contributed by atoms with Crippen LogP contribution >= 0.6 is 0 Å². The molecule has 0 heterocycles. The molecule has 3 rings (SSSR count). The van der Waals surface area contributed by atoms with Crippen molar-refractivity contribution in [2.45, 2.75) is 19.9 Å². The van der Waals surface area contributed by atoms with Crippen molar-refractivity contribution in [2.75, 3.05) is 11.9 Å². The SMILES string of the molecule is CCOc1ccccc1C(=O)Nc1ccccc1C(=O)N[C@H](C)c1ccccc1. The molecule has 29 heavy (non-hydrogen) atoms. The maximum absolute atomic E-state index is 12.8. The molecule has 0 bridgehead atoms. The molecule has 2 N–H and O–H groups in total. The second kappa shape index (κ2) is 9.55. The van der Waals surface area contributed by atoms with Gasteiger partial charge in [-0.1, -0.05) is 54.6 Å². The van der Waals surface area contributed by atoms with Gasteiger partial charge >= 0.3 is 0 Å². The van der Waals surface area contributed by atoms with Crippen LogP contribution in [0.4, 0.5) is 5.69 Å². The van der Waals surface area contributed by atoms with E-state index in [2.05, 4.69) is 10.6 Å². The minimum Gasteiger partial charge on any atom is -0.493 e. The predicted octanol–water partition coefficient (Wildman–Crippen LogP) is 4.83. The molecule has 0 aliphatic rings. The number of benzene rings is 3. The highest BCUT2D eigenvalue weighted by Crippen LogP contribution is 2.22. The summed E-state index contributed by atoms with van der Waals surface area (Å²) in [6, 6.07) is 23.5. The minimum absolute atomic E-state index is 0.161. The maximum Gasteiger partial charge on any atom is 0.259 e. The molecule has 3 aromatic carbocycles. The molecule has 0 saturated carbocycles. The van der Waals surface area contributed by atoms with Crippen LogP contribution in [-0.2, 0) is 0 Å². The summed E-state index contributed by atoms with van der Waals surface area (Å²) in [6.07, 6.45) is 0. The monoisotopic (exact) mass is 388 g/mol. The predicted molar refractivity (Wildman–Crippen MR) is 114 cm³/mol. The average molecular weight is 388 g/mol. The van der Waals surface area contributed by atoms with E-state index in [1.165, 1.54) is 0 Å². The molecule has 0 aliphatic heterocycles. The molecule has 0 fully saturated rings. The summed E-state index contributed by atoms with van der Waals surface area (Å²) < 4.78 is 5.54. The van der Waals surface area contributed by atoms with Crippen molar-refractivity contribution in [3.05, 3.63) is 95.6 Å². The number of nitrogens with one attached hydrogen (secondary N) is 2. The van der Waals surface area contributed by atoms with E-state index in [1.54, 1.807) is 42.5 Å². The lowest BCUT2D eigenvalue weighted by atomic mass is 10.1. The van der Waals surface area contributed by atoms with Crippen LogP contribution in [0.5, 0.6) is 5.75 Å². The third kappa shape index (κ3) is 5.02. The molecule has 148 valence electrons. The van der Waals surface area contributed by atoms with E-state index in [0.29, 0.717) is 29.2 Å². The third-order valence-electron chi connectivity index (χ3n) is 4.50. The van der Waals surface area contributed by atoms with E-state index in [1.807, 2.05) is 50.2 Å². The zero-order valence-corrected chi connectivity index (χ0v) is 16.5. The Balaban J connectivity index is 1.78. The van der Waals surface area contributed by atoms with Crippen LogP contribution in [0, 0.1) is 0 Å². The fraction of sp³-hybridized carbons (Fsp3) is 0.167. The van der Waals surface area contributed by atoms with E-state index in [-0.39, 0.29) is 17.9 Å². The molecule has 0 aromatic heterocycles. The Morgan fingerprint density at radius 3 is 2.17 bits per heavy atom. The molecule has 5 nitrogen and oxygen atoms in total. The van der Waals surface area contributed by atoms with E-state index in [4.69, 9.17) is 4.74 Å². The summed E-state index contributed by atoms with van der Waals surface area (Å²) in [4.78, 5) is 25.7. The molecule has 5 heteroatoms. The van der Waals surface area contributed by atoms with Crippen LogP contribution in [0.15, 0.2) is 78.9 Å². The first kappa shape index (κ1) is 20.1. The first-order valence-electron chi connectivity index (χ1n) is 9.58. The number of hydrogen-bond donors (Lipinski definition) is 2. The summed E-state index contributed by atoms with van der Waals surface area (Å²) in [5, 5.41) is 5.82. The van der Waals surface area contributed by atoms with Gasteiger partial charge < -0.3 is 15.4 Å². The van der Waals surface area contributed by atoms with Crippen molar-refractivity contribution in [3.63, 3.8) is 0 Å². The van der Waals surface area contributed by atoms with Gasteiger partial charge in [-0.3, -0.25) is 9.59 Å². The molecule has 1 atom stereocenters. The Morgan fingerprint density at radius 2 is 1.45 bits per heavy atom. The second-order valence-electron chi connectivity index (χ2n) is 6.53. The summed E-state index contributed by atoms with van der Waals surface area (Å²) in [5.41, 5.74) is 2.27. The molecular formula is C24H24N2O3. The van der Waals surface area contributed by atoms with Crippen LogP contribution in [-0.4, -0.2) is 18.4 Å². The normalized spacial score (nSPS) is 11.4. The number of anilines is 1. The van der Waals surface area contributed by atoms with Gasteiger partial charge in [-0.2, -0.15) is 0 Å². The second-order valence-corrected chi connectivity index (χ2v) is 6.53. The molecule has 3 aromatic rings. The summed E-state index contributed by atoms with van der Waals surface area (Å²) in [5.74, 6) is -0.0760. The average Bonchev–Trinajstić information content (AvgIpc) is 2.75. The number of rotatable bonds is 7. The van der Waals surface area contributed by atoms with Gasteiger partial charge in [0.2, 0.25) is 0 Å². The van der Waals surface area contributed by atoms with Gasteiger partial charge in [0, 0.05) is 0 Å². The topological polar surface area (TPSA) is 67.4 Å². The number of ether oxygens (including phenoxy) is 1. The Labute approximate surface area is 170 Å². The van der Waals surface area contributed by atoms with Gasteiger partial charge in [-0.15, -0.1) is 0 Å². The maximum atomic E-state index is 12.8. The number of amides is 2. The van der Waals surface area contributed by atoms with Crippen molar-refractivity contribution < 1.29 is 14.3 Å². The highest BCUT2D eigenvalue weighted by Gasteiger charge is 2.18. The summed E-state index contributed by atoms with van der Waals surface area (Å²) >= 11 is 0. The van der Waals surface area contributed by atoms with Crippen molar-refractivity contribution in [2.24, 2.45) is 0 Å². The van der Waals surface area contributed by atoms with E-state index < -0.39 is 0 Å². The lowest BCUT2D eigenvalue weighted by Gasteiger charge is -2.17. The zero-order valence-electron chi connectivity index (χ0n) is 16.5. The first-order chi connectivity index (χ1) is 14.1. The van der Waals surface area contributed by atoms with Crippen molar-refractivity contribution in [1.29, 1.82) is 0 Å². The number of carbonyl (C=O) groups is 2. The third-order valence-corrected chi connectivity index (χ3v) is 4.50. The van der Waals surface area contributed by atoms with Crippen LogP contribution in [0.1, 0.15) is 46.2 Å². The quantitative estimate of drug-likeness (QED) is 0.609. The van der Waals surface area contributed by atoms with Crippen LogP contribution in [0.25, 0.3) is 0 Å². The fourth-order valence-corrected chi connectivity index (χ4v) is 3.01. The van der Waals surface area contributed by atoms with E-state index in [0.717, 1.165) is 5.56 Å². The van der Waals surface area contributed by atoms with Crippen molar-refractivity contribution in [1.82, 2.24) is 5.32 Å². The van der Waals surface area contributed by atoms with Gasteiger partial charge in [0.25, 0.3) is 11.8 Å². The molecular weight excluding hydrogens is 364 g/mol. The smallest absolute Gasteiger partial charge is 0.259 e. The molecule has 0 unspecified atom stereocenters. The molecule has 2 amide bonds. The van der Waals surface area contributed by atoms with Crippen LogP contribution in [0.2, 0.25) is 0 Å². The van der Waals surface area contributed by atoms with Gasteiger partial charge in [-0.25, -0.2) is 0 Å². The minimum atomic E-state index is -0.328. The lowest BCUT2D eigenvalue weighted by Crippen LogP contribution is -2.28. The van der Waals surface area contributed by atoms with E-state index >= 15 is 0 Å². The zero-order chi connectivity index (χ0) is 20.6. The van der Waals surface area contributed by atoms with Crippen LogP contribution in [0.3, 0.4) is 0 Å². The molecule has 0 spiro atoms. The Kier molecular flexibility index (Phi) is 6.63. The lowest BCUT2D eigenvalue weighted by molar-refractivity contribution is 0.0941. The summed E-state index contributed by atoms with van der Waals surface area (Å²) in [7, 11) is 0. The Bertz CT molecular complexity index is 986. The van der Waals surface area contributed by atoms with Gasteiger partial charge in [-0.05, 0) is 43.7 Å². The largest absolute Gasteiger partial charge is 0.493 e. The van der Waals surface area contributed by atoms with E-state index in [9.17, 15) is 9.59 Å². The Morgan fingerprint density at radius 1 is 0.828 bits per heavy atom. The number of carbonyl (C=O) groups excluding carboxylic acids is 2. The number of hydrogen-bond acceptors (Lipinski definition) is 3. The highest BCUT2D eigenvalue weighted by atomic mass is 16.5. The van der Waals surface area contributed by atoms with Crippen molar-refractivity contribution in [3.8, 4) is 5.75 Å². The van der Waals surface area contributed by atoms with Crippen molar-refractivity contribution >= 4 is 17.5 Å². The standard InChI is InChI=1S/C24H24N2O3/c1-3-29-22-16-10-8-14-20(22)24(28)26-21-15-9-7-13-19(21)23(27)25-17(2)18-11-5-4-6-12-18/h4-17H,3H2,1-2H3,(H,25,27)(H,26,28)/t17-/m1/s1. The van der Waals surface area contributed by atoms with Gasteiger partial charge in [0.1, 0.15) is 5.75 Å². The molecule has 0 radical (unpaired) electrons. The van der Waals surface area contributed by atoms with Crippen LogP contribution < -0.4 is 15.4 Å². The molecule has 0 aliphatic carbocycles.